The Morgan fingerprint density at radius 3 is 1.28 bits per heavy atom. The highest BCUT2D eigenvalue weighted by Crippen LogP contribution is 2.41. The van der Waals surface area contributed by atoms with Crippen LogP contribution < -0.4 is 0 Å². The topological polar surface area (TPSA) is 51.6 Å². The largest absolute Gasteiger partial charge is 0.248 e. The summed E-state index contributed by atoms with van der Waals surface area (Å²) in [6, 6.07) is 76.1. The van der Waals surface area contributed by atoms with E-state index in [0.29, 0.717) is 5.82 Å². The molecule has 0 aliphatic rings. The van der Waals surface area contributed by atoms with Crippen LogP contribution in [-0.2, 0) is 0 Å². The smallest absolute Gasteiger partial charge is 0.160 e. The molecule has 0 aliphatic heterocycles. The van der Waals surface area contributed by atoms with Gasteiger partial charge in [-0.05, 0) is 46.3 Å². The Labute approximate surface area is 348 Å². The van der Waals surface area contributed by atoms with E-state index < -0.39 is 0 Å². The lowest BCUT2D eigenvalue weighted by atomic mass is 9.92. The van der Waals surface area contributed by atoms with Crippen molar-refractivity contribution >= 4 is 32.6 Å². The van der Waals surface area contributed by atoms with E-state index in [2.05, 4.69) is 182 Å². The summed E-state index contributed by atoms with van der Waals surface area (Å²) in [5.74, 6) is 0.698. The van der Waals surface area contributed by atoms with Gasteiger partial charge in [-0.1, -0.05) is 194 Å². The summed E-state index contributed by atoms with van der Waals surface area (Å²) in [4.78, 5) is 20.9. The number of nitrogens with zero attached hydrogens (tertiary/aromatic N) is 4. The number of aromatic nitrogens is 4. The molecule has 0 atom stereocenters. The minimum Gasteiger partial charge on any atom is -0.248 e. The third-order valence-electron chi connectivity index (χ3n) is 11.3. The second-order valence-corrected chi connectivity index (χ2v) is 15.0. The van der Waals surface area contributed by atoms with Crippen LogP contribution in [0.2, 0.25) is 0 Å². The Morgan fingerprint density at radius 2 is 0.683 bits per heavy atom. The molecule has 0 aliphatic carbocycles. The number of hydrogen-bond donors (Lipinski definition) is 0. The Hall–Kier alpha value is -8.08. The van der Waals surface area contributed by atoms with Crippen molar-refractivity contribution in [3.8, 4) is 78.7 Å². The Kier molecular flexibility index (Phi) is 8.79. The molecule has 60 heavy (non-hydrogen) atoms. The van der Waals surface area contributed by atoms with Crippen molar-refractivity contribution < 1.29 is 0 Å². The van der Waals surface area contributed by atoms with Gasteiger partial charge in [-0.15, -0.1) is 0 Å². The molecule has 280 valence electrons. The van der Waals surface area contributed by atoms with Gasteiger partial charge in [-0.3, -0.25) is 0 Å². The molecular weight excluding hydrogens is 729 g/mol. The number of hydrogen-bond acceptors (Lipinski definition) is 4. The van der Waals surface area contributed by atoms with E-state index in [-0.39, 0.29) is 0 Å². The van der Waals surface area contributed by atoms with Gasteiger partial charge < -0.3 is 0 Å². The summed E-state index contributed by atoms with van der Waals surface area (Å²) < 4.78 is 0. The normalized spacial score (nSPS) is 11.3. The molecule has 8 aromatic carbocycles. The SMILES string of the molecule is c1ccc(-c2ccc3c(ccc4c5ccccc5nc(-c5ccc(-c6ccc(-c7c(-c8ccccc8)nc(-c8ccccc8)nc7-c7ccccc7)cc6)cc5)c34)n2)cc1. The molecule has 4 nitrogen and oxygen atoms in total. The molecule has 0 fully saturated rings. The van der Waals surface area contributed by atoms with E-state index >= 15 is 0 Å². The first-order valence-electron chi connectivity index (χ1n) is 20.2. The Balaban J connectivity index is 1.01. The van der Waals surface area contributed by atoms with Gasteiger partial charge in [0.25, 0.3) is 0 Å². The van der Waals surface area contributed by atoms with Crippen LogP contribution in [0.25, 0.3) is 111 Å². The predicted octanol–water partition coefficient (Wildman–Crippen LogP) is 14.4. The fourth-order valence-corrected chi connectivity index (χ4v) is 8.35. The quantitative estimate of drug-likeness (QED) is 0.152. The van der Waals surface area contributed by atoms with Gasteiger partial charge >= 0.3 is 0 Å². The molecule has 0 unspecified atom stereocenters. The van der Waals surface area contributed by atoms with Crippen LogP contribution in [0, 0.1) is 0 Å². The monoisotopic (exact) mass is 764 g/mol. The van der Waals surface area contributed by atoms with E-state index in [1.165, 1.54) is 5.39 Å². The molecule has 0 radical (unpaired) electrons. The lowest BCUT2D eigenvalue weighted by Crippen LogP contribution is -2.00. The first-order chi connectivity index (χ1) is 29.7. The van der Waals surface area contributed by atoms with Crippen molar-refractivity contribution in [1.29, 1.82) is 0 Å². The summed E-state index contributed by atoms with van der Waals surface area (Å²) in [5, 5.41) is 4.50. The van der Waals surface area contributed by atoms with Crippen LogP contribution in [0.3, 0.4) is 0 Å². The van der Waals surface area contributed by atoms with E-state index in [0.717, 1.165) is 100 Å². The first-order valence-corrected chi connectivity index (χ1v) is 20.2. The number of pyridine rings is 2. The predicted molar refractivity (Wildman–Crippen MR) is 248 cm³/mol. The first kappa shape index (κ1) is 35.1. The summed E-state index contributed by atoms with van der Waals surface area (Å²) >= 11 is 0. The van der Waals surface area contributed by atoms with Crippen LogP contribution in [0.5, 0.6) is 0 Å². The maximum absolute atomic E-state index is 5.30. The van der Waals surface area contributed by atoms with Gasteiger partial charge in [0.15, 0.2) is 5.82 Å². The molecule has 0 saturated heterocycles. The van der Waals surface area contributed by atoms with Gasteiger partial charge in [-0.2, -0.15) is 0 Å². The van der Waals surface area contributed by atoms with Crippen LogP contribution in [0.1, 0.15) is 0 Å². The zero-order chi connectivity index (χ0) is 39.8. The van der Waals surface area contributed by atoms with Crippen molar-refractivity contribution in [2.45, 2.75) is 0 Å². The van der Waals surface area contributed by atoms with Crippen LogP contribution >= 0.6 is 0 Å². The molecule has 4 heteroatoms. The summed E-state index contributed by atoms with van der Waals surface area (Å²) in [5.41, 5.74) is 15.1. The standard InChI is InChI=1S/C56H36N4/c1-5-15-39(16-6-1)48-35-34-47-50(57-48)36-33-46-45-23-13-14-24-49(45)58-55(52(46)47)43-31-27-38(28-32-43)37-25-29-40(30-26-37)51-53(41-17-7-2-8-18-41)59-56(44-21-11-4-12-22-44)60-54(51)42-19-9-3-10-20-42/h1-36H. The Morgan fingerprint density at radius 1 is 0.233 bits per heavy atom. The van der Waals surface area contributed by atoms with Gasteiger partial charge in [0.2, 0.25) is 0 Å². The molecule has 0 N–H and O–H groups in total. The van der Waals surface area contributed by atoms with Crippen LogP contribution in [-0.4, -0.2) is 19.9 Å². The van der Waals surface area contributed by atoms with Gasteiger partial charge in [-0.25, -0.2) is 19.9 Å². The molecule has 11 aromatic rings. The Bertz CT molecular complexity index is 3250. The average Bonchev–Trinajstić information content (AvgIpc) is 3.34. The lowest BCUT2D eigenvalue weighted by molar-refractivity contribution is 1.18. The molecule has 3 aromatic heterocycles. The van der Waals surface area contributed by atoms with Crippen molar-refractivity contribution in [3.05, 3.63) is 218 Å². The number of rotatable bonds is 7. The number of benzene rings is 8. The number of para-hydroxylation sites is 1. The van der Waals surface area contributed by atoms with Crippen molar-refractivity contribution in [1.82, 2.24) is 19.9 Å². The molecule has 0 saturated carbocycles. The molecular formula is C56H36N4. The zero-order valence-electron chi connectivity index (χ0n) is 32.6. The van der Waals surface area contributed by atoms with E-state index in [1.807, 2.05) is 36.4 Å². The summed E-state index contributed by atoms with van der Waals surface area (Å²) in [6.07, 6.45) is 0. The highest BCUT2D eigenvalue weighted by Gasteiger charge is 2.21. The maximum Gasteiger partial charge on any atom is 0.160 e. The second kappa shape index (κ2) is 15.0. The van der Waals surface area contributed by atoms with E-state index in [1.54, 1.807) is 0 Å². The zero-order valence-corrected chi connectivity index (χ0v) is 32.6. The van der Waals surface area contributed by atoms with Crippen molar-refractivity contribution in [3.63, 3.8) is 0 Å². The average molecular weight is 765 g/mol. The van der Waals surface area contributed by atoms with Crippen molar-refractivity contribution in [2.24, 2.45) is 0 Å². The second-order valence-electron chi connectivity index (χ2n) is 15.0. The highest BCUT2D eigenvalue weighted by atomic mass is 14.9. The molecule has 11 rings (SSSR count). The number of fused-ring (bicyclic) bond motifs is 5. The van der Waals surface area contributed by atoms with Gasteiger partial charge in [0.1, 0.15) is 0 Å². The van der Waals surface area contributed by atoms with Crippen LogP contribution in [0.15, 0.2) is 218 Å². The fourth-order valence-electron chi connectivity index (χ4n) is 8.35. The summed E-state index contributed by atoms with van der Waals surface area (Å²) in [7, 11) is 0. The minimum absolute atomic E-state index is 0.698. The highest BCUT2D eigenvalue weighted by molar-refractivity contribution is 6.20. The summed E-state index contributed by atoms with van der Waals surface area (Å²) in [6.45, 7) is 0. The van der Waals surface area contributed by atoms with Gasteiger partial charge in [0.05, 0.1) is 33.8 Å². The van der Waals surface area contributed by atoms with Crippen molar-refractivity contribution in [2.75, 3.05) is 0 Å². The van der Waals surface area contributed by atoms with E-state index in [4.69, 9.17) is 19.9 Å². The third kappa shape index (κ3) is 6.37. The third-order valence-corrected chi connectivity index (χ3v) is 11.3. The van der Waals surface area contributed by atoms with E-state index in [9.17, 15) is 0 Å². The fraction of sp³-hybridized carbons (Fsp3) is 0. The minimum atomic E-state index is 0.698. The lowest BCUT2D eigenvalue weighted by Gasteiger charge is -2.17. The molecule has 0 bridgehead atoms. The molecule has 0 amide bonds. The molecule has 3 heterocycles. The van der Waals surface area contributed by atoms with Gasteiger partial charge in [0, 0.05) is 49.5 Å². The van der Waals surface area contributed by atoms with Crippen LogP contribution in [0.4, 0.5) is 0 Å². The molecule has 0 spiro atoms. The maximum atomic E-state index is 5.30.